The van der Waals surface area contributed by atoms with Gasteiger partial charge in [-0.2, -0.15) is 0 Å². The second-order valence-corrected chi connectivity index (χ2v) is 12.8. The summed E-state index contributed by atoms with van der Waals surface area (Å²) in [7, 11) is -1.62. The van der Waals surface area contributed by atoms with Gasteiger partial charge in [0.2, 0.25) is 11.8 Å². The van der Waals surface area contributed by atoms with Gasteiger partial charge in [-0.05, 0) is 46.1 Å². The second-order valence-electron chi connectivity index (χ2n) is 10.3. The third-order valence-corrected chi connectivity index (χ3v) is 6.77. The fourth-order valence-corrected chi connectivity index (χ4v) is 5.26. The maximum absolute atomic E-state index is 14.7. The SMILES string of the molecule is COc1cc(-c2ccc(COc3cc(C(C)CP(C)(=O)O)ccn3)cc2CC(C)(C)C)c(F)cn1. The molecule has 2 heterocycles. The van der Waals surface area contributed by atoms with Crippen molar-refractivity contribution in [1.29, 1.82) is 0 Å². The molecule has 3 rings (SSSR count). The van der Waals surface area contributed by atoms with E-state index in [1.54, 1.807) is 12.3 Å². The predicted octanol–water partition coefficient (Wildman–Crippen LogP) is 6.46. The molecular weight excluding hydrogens is 466 g/mol. The van der Waals surface area contributed by atoms with Gasteiger partial charge < -0.3 is 14.4 Å². The molecule has 2 unspecified atom stereocenters. The monoisotopic (exact) mass is 500 g/mol. The van der Waals surface area contributed by atoms with E-state index in [1.807, 2.05) is 37.3 Å². The molecule has 0 radical (unpaired) electrons. The Morgan fingerprint density at radius 3 is 2.49 bits per heavy atom. The Kier molecular flexibility index (Phi) is 8.34. The van der Waals surface area contributed by atoms with Crippen molar-refractivity contribution >= 4 is 7.37 Å². The smallest absolute Gasteiger partial charge is 0.213 e. The Labute approximate surface area is 207 Å². The third kappa shape index (κ3) is 7.87. The fourth-order valence-electron chi connectivity index (χ4n) is 4.04. The molecular formula is C27H34FN2O4P. The molecule has 0 bridgehead atoms. The second kappa shape index (κ2) is 10.9. The van der Waals surface area contributed by atoms with Crippen LogP contribution >= 0.6 is 7.37 Å². The number of methoxy groups -OCH3 is 1. The minimum atomic E-state index is -3.13. The number of hydrogen-bond donors (Lipinski definition) is 1. The summed E-state index contributed by atoms with van der Waals surface area (Å²) in [5.41, 5.74) is 4.06. The quantitative estimate of drug-likeness (QED) is 0.340. The molecule has 1 aromatic carbocycles. The lowest BCUT2D eigenvalue weighted by Crippen LogP contribution is -2.11. The van der Waals surface area contributed by atoms with Gasteiger partial charge in [0.25, 0.3) is 0 Å². The maximum Gasteiger partial charge on any atom is 0.213 e. The summed E-state index contributed by atoms with van der Waals surface area (Å²) in [5, 5.41) is 0. The molecule has 0 aliphatic rings. The zero-order valence-corrected chi connectivity index (χ0v) is 22.1. The standard InChI is InChI=1S/C27H34FN2O4P/c1-18(17-35(6,31)32)20-9-10-29-26(12-20)34-16-19-7-8-22(21(11-19)14-27(2,3)4)23-13-25(33-5)30-15-24(23)28/h7-13,15,18H,14,16-17H2,1-6H3,(H,31,32). The average molecular weight is 501 g/mol. The summed E-state index contributed by atoms with van der Waals surface area (Å²) < 4.78 is 37.6. The van der Waals surface area contributed by atoms with Crippen LogP contribution in [-0.4, -0.2) is 34.8 Å². The van der Waals surface area contributed by atoms with E-state index in [0.29, 0.717) is 17.3 Å². The van der Waals surface area contributed by atoms with Crippen LogP contribution in [-0.2, 0) is 17.6 Å². The van der Waals surface area contributed by atoms with E-state index >= 15 is 0 Å². The lowest BCUT2D eigenvalue weighted by atomic mass is 9.84. The summed E-state index contributed by atoms with van der Waals surface area (Å²) >= 11 is 0. The summed E-state index contributed by atoms with van der Waals surface area (Å²) in [6.07, 6.45) is 3.76. The number of hydrogen-bond acceptors (Lipinski definition) is 5. The van der Waals surface area contributed by atoms with Crippen molar-refractivity contribution in [3.63, 3.8) is 0 Å². The Balaban J connectivity index is 1.86. The first-order chi connectivity index (χ1) is 16.3. The number of nitrogens with zero attached hydrogens (tertiary/aromatic N) is 2. The Morgan fingerprint density at radius 2 is 1.83 bits per heavy atom. The summed E-state index contributed by atoms with van der Waals surface area (Å²) in [6.45, 7) is 9.99. The van der Waals surface area contributed by atoms with Gasteiger partial charge in [0.05, 0.1) is 13.3 Å². The van der Waals surface area contributed by atoms with E-state index in [4.69, 9.17) is 9.47 Å². The fraction of sp³-hybridized carbons (Fsp3) is 0.407. The van der Waals surface area contributed by atoms with Crippen LogP contribution in [0.25, 0.3) is 11.1 Å². The molecule has 6 nitrogen and oxygen atoms in total. The molecule has 0 aliphatic carbocycles. The molecule has 0 spiro atoms. The molecule has 0 aliphatic heterocycles. The topological polar surface area (TPSA) is 81.5 Å². The highest BCUT2D eigenvalue weighted by Crippen LogP contribution is 2.40. The highest BCUT2D eigenvalue weighted by Gasteiger charge is 2.19. The average Bonchev–Trinajstić information content (AvgIpc) is 2.76. The van der Waals surface area contributed by atoms with Gasteiger partial charge in [0, 0.05) is 36.7 Å². The van der Waals surface area contributed by atoms with E-state index in [0.717, 1.165) is 28.7 Å². The van der Waals surface area contributed by atoms with E-state index < -0.39 is 13.2 Å². The van der Waals surface area contributed by atoms with Crippen LogP contribution in [0.4, 0.5) is 4.39 Å². The van der Waals surface area contributed by atoms with Crippen LogP contribution in [0.15, 0.2) is 48.8 Å². The van der Waals surface area contributed by atoms with Gasteiger partial charge in [-0.15, -0.1) is 0 Å². The minimum Gasteiger partial charge on any atom is -0.481 e. The Morgan fingerprint density at radius 1 is 1.09 bits per heavy atom. The molecule has 0 saturated heterocycles. The first kappa shape index (κ1) is 26.8. The van der Waals surface area contributed by atoms with Crippen molar-refractivity contribution in [1.82, 2.24) is 9.97 Å². The Hall–Kier alpha value is -2.76. The molecule has 188 valence electrons. The number of aromatic nitrogens is 2. The van der Waals surface area contributed by atoms with Crippen LogP contribution in [0.2, 0.25) is 0 Å². The van der Waals surface area contributed by atoms with Crippen molar-refractivity contribution in [3.8, 4) is 22.9 Å². The first-order valence-corrected chi connectivity index (χ1v) is 13.8. The molecule has 2 atom stereocenters. The number of benzene rings is 1. The summed E-state index contributed by atoms with van der Waals surface area (Å²) in [4.78, 5) is 17.9. The van der Waals surface area contributed by atoms with Gasteiger partial charge in [0.1, 0.15) is 12.4 Å². The zero-order valence-electron chi connectivity index (χ0n) is 21.2. The molecule has 2 aromatic heterocycles. The largest absolute Gasteiger partial charge is 0.481 e. The molecule has 1 N–H and O–H groups in total. The minimum absolute atomic E-state index is 0.0146. The molecule has 35 heavy (non-hydrogen) atoms. The van der Waals surface area contributed by atoms with Crippen LogP contribution in [0.5, 0.6) is 11.8 Å². The third-order valence-electron chi connectivity index (χ3n) is 5.55. The molecule has 8 heteroatoms. The normalized spacial score (nSPS) is 14.3. The highest BCUT2D eigenvalue weighted by atomic mass is 31.2. The summed E-state index contributed by atoms with van der Waals surface area (Å²) in [6, 6.07) is 11.1. The summed E-state index contributed by atoms with van der Waals surface area (Å²) in [5.74, 6) is 0.312. The van der Waals surface area contributed by atoms with Crippen molar-refractivity contribution in [2.75, 3.05) is 19.9 Å². The van der Waals surface area contributed by atoms with Crippen molar-refractivity contribution in [2.24, 2.45) is 5.41 Å². The van der Waals surface area contributed by atoms with Crippen LogP contribution in [0, 0.1) is 11.2 Å². The molecule has 0 fully saturated rings. The van der Waals surface area contributed by atoms with Gasteiger partial charge in [-0.3, -0.25) is 4.57 Å². The number of halogens is 1. The maximum atomic E-state index is 14.7. The van der Waals surface area contributed by atoms with Gasteiger partial charge in [-0.25, -0.2) is 14.4 Å². The van der Waals surface area contributed by atoms with E-state index in [2.05, 4.69) is 30.7 Å². The van der Waals surface area contributed by atoms with E-state index in [9.17, 15) is 13.8 Å². The lowest BCUT2D eigenvalue weighted by molar-refractivity contribution is 0.293. The lowest BCUT2D eigenvalue weighted by Gasteiger charge is -2.22. The first-order valence-electron chi connectivity index (χ1n) is 11.5. The van der Waals surface area contributed by atoms with E-state index in [-0.39, 0.29) is 24.1 Å². The highest BCUT2D eigenvalue weighted by molar-refractivity contribution is 7.57. The van der Waals surface area contributed by atoms with Crippen LogP contribution < -0.4 is 9.47 Å². The van der Waals surface area contributed by atoms with Crippen molar-refractivity contribution in [2.45, 2.75) is 46.6 Å². The molecule has 0 amide bonds. The van der Waals surface area contributed by atoms with Gasteiger partial charge >= 0.3 is 0 Å². The molecule has 3 aromatic rings. The van der Waals surface area contributed by atoms with Gasteiger partial charge in [-0.1, -0.05) is 45.9 Å². The predicted molar refractivity (Wildman–Crippen MR) is 137 cm³/mol. The van der Waals surface area contributed by atoms with E-state index in [1.165, 1.54) is 20.0 Å². The number of ether oxygens (including phenoxy) is 2. The van der Waals surface area contributed by atoms with Crippen molar-refractivity contribution in [3.05, 3.63) is 71.3 Å². The molecule has 0 saturated carbocycles. The zero-order chi connectivity index (χ0) is 25.8. The van der Waals surface area contributed by atoms with Crippen molar-refractivity contribution < 1.29 is 23.3 Å². The number of pyridine rings is 2. The van der Waals surface area contributed by atoms with Crippen LogP contribution in [0.1, 0.15) is 50.3 Å². The Bertz CT molecular complexity index is 1220. The van der Waals surface area contributed by atoms with Crippen LogP contribution in [0.3, 0.4) is 0 Å². The van der Waals surface area contributed by atoms with Gasteiger partial charge in [0.15, 0.2) is 7.37 Å². The number of rotatable bonds is 9.